The Balaban J connectivity index is 1.96. The van der Waals surface area contributed by atoms with Crippen molar-refractivity contribution in [1.29, 1.82) is 0 Å². The highest BCUT2D eigenvalue weighted by Gasteiger charge is 2.39. The fourth-order valence-corrected chi connectivity index (χ4v) is 4.32. The number of aliphatic imine (C=N–C) groups is 1. The minimum Gasteiger partial charge on any atom is -0.476 e. The van der Waals surface area contributed by atoms with E-state index >= 15 is 0 Å². The molecule has 1 aromatic heterocycles. The van der Waals surface area contributed by atoms with Gasteiger partial charge in [-0.05, 0) is 61.3 Å². The molecule has 0 atom stereocenters. The first-order valence-electron chi connectivity index (χ1n) is 11.4. The highest BCUT2D eigenvalue weighted by atomic mass is 16.5. The predicted molar refractivity (Wildman–Crippen MR) is 132 cm³/mol. The number of hydrogen-bond acceptors (Lipinski definition) is 5. The maximum atomic E-state index is 13.6. The number of pyridine rings is 1. The minimum absolute atomic E-state index is 0.0269. The third-order valence-corrected chi connectivity index (χ3v) is 6.60. The molecule has 5 heteroatoms. The molecule has 0 aliphatic heterocycles. The monoisotopic (exact) mass is 433 g/mol. The van der Waals surface area contributed by atoms with Gasteiger partial charge in [0.15, 0.2) is 5.78 Å². The smallest absolute Gasteiger partial charge is 0.213 e. The number of carbonyl (C=O) groups is 1. The van der Waals surface area contributed by atoms with Crippen LogP contribution in [0.25, 0.3) is 5.57 Å². The Kier molecular flexibility index (Phi) is 7.29. The quantitative estimate of drug-likeness (QED) is 0.543. The number of fused-ring (bicyclic) bond motifs is 1. The fraction of sp³-hybridized carbons (Fsp3) is 0.444. The molecule has 0 saturated heterocycles. The van der Waals surface area contributed by atoms with Gasteiger partial charge in [-0.3, -0.25) is 9.79 Å². The number of Topliss-reactive ketones (excluding diaryl/α,β-unsaturated/α-hetero) is 1. The van der Waals surface area contributed by atoms with Gasteiger partial charge in [0.25, 0.3) is 0 Å². The number of likely N-dealkylation sites (N-methyl/N-ethyl adjacent to an activating group) is 1. The number of aromatic nitrogens is 1. The van der Waals surface area contributed by atoms with Crippen LogP contribution in [-0.2, 0) is 5.41 Å². The molecule has 5 nitrogen and oxygen atoms in total. The highest BCUT2D eigenvalue weighted by molar-refractivity contribution is 6.31. The number of ether oxygens (including phenoxy) is 1. The molecule has 3 rings (SSSR count). The predicted octanol–water partition coefficient (Wildman–Crippen LogP) is 5.11. The molecular weight excluding hydrogens is 398 g/mol. The molecule has 0 bridgehead atoms. The van der Waals surface area contributed by atoms with E-state index in [2.05, 4.69) is 43.7 Å². The minimum atomic E-state index is -0.382. The lowest BCUT2D eigenvalue weighted by Gasteiger charge is -2.34. The van der Waals surface area contributed by atoms with Crippen LogP contribution in [-0.4, -0.2) is 55.2 Å². The number of benzene rings is 1. The summed E-state index contributed by atoms with van der Waals surface area (Å²) in [5.41, 5.74) is 5.93. The third-order valence-electron chi connectivity index (χ3n) is 6.60. The Morgan fingerprint density at radius 2 is 1.78 bits per heavy atom. The number of nitrogens with zero attached hydrogens (tertiary/aromatic N) is 3. The van der Waals surface area contributed by atoms with Crippen molar-refractivity contribution in [3.8, 4) is 5.88 Å². The summed E-state index contributed by atoms with van der Waals surface area (Å²) < 4.78 is 5.94. The first-order chi connectivity index (χ1) is 15.2. The summed E-state index contributed by atoms with van der Waals surface area (Å²) in [4.78, 5) is 24.8. The molecular formula is C27H35N3O2. The molecule has 0 unspecified atom stereocenters. The van der Waals surface area contributed by atoms with Crippen LogP contribution in [0, 0.1) is 6.92 Å². The summed E-state index contributed by atoms with van der Waals surface area (Å²) in [6, 6.07) is 9.81. The molecule has 0 N–H and O–H groups in total. The zero-order chi connectivity index (χ0) is 23.5. The maximum absolute atomic E-state index is 13.6. The van der Waals surface area contributed by atoms with Gasteiger partial charge in [-0.15, -0.1) is 0 Å². The van der Waals surface area contributed by atoms with Gasteiger partial charge in [0.2, 0.25) is 5.88 Å². The van der Waals surface area contributed by atoms with Crippen LogP contribution in [0.2, 0.25) is 0 Å². The highest BCUT2D eigenvalue weighted by Crippen LogP contribution is 2.44. The molecule has 2 aromatic rings. The number of rotatable bonds is 8. The molecule has 0 spiro atoms. The van der Waals surface area contributed by atoms with E-state index in [1.807, 2.05) is 44.3 Å². The molecule has 0 saturated carbocycles. The largest absolute Gasteiger partial charge is 0.476 e. The van der Waals surface area contributed by atoms with Gasteiger partial charge in [0.1, 0.15) is 6.61 Å². The van der Waals surface area contributed by atoms with Crippen LogP contribution in [0.1, 0.15) is 67.4 Å². The standard InChI is InChI=1S/C27H35N3O2/c1-8-30(9-2)14-15-32-23-13-12-22-25(31)24(19(4)27(5,6)26(22)29-23)21-11-10-20(17-28-7)16-18(21)3/h10-13,16-17H,8-9,14-15H2,1-7H3. The zero-order valence-electron chi connectivity index (χ0n) is 20.5. The molecule has 1 aromatic carbocycles. The summed E-state index contributed by atoms with van der Waals surface area (Å²) in [5.74, 6) is 0.603. The first-order valence-corrected chi connectivity index (χ1v) is 11.4. The van der Waals surface area contributed by atoms with Crippen LogP contribution < -0.4 is 4.74 Å². The number of ketones is 1. The van der Waals surface area contributed by atoms with Crippen molar-refractivity contribution in [1.82, 2.24) is 9.88 Å². The number of carbonyl (C=O) groups excluding carboxylic acids is 1. The first kappa shape index (κ1) is 23.9. The van der Waals surface area contributed by atoms with Gasteiger partial charge >= 0.3 is 0 Å². The summed E-state index contributed by atoms with van der Waals surface area (Å²) in [7, 11) is 1.76. The second-order valence-corrected chi connectivity index (χ2v) is 8.84. The van der Waals surface area contributed by atoms with Crippen molar-refractivity contribution < 1.29 is 9.53 Å². The number of hydrogen-bond donors (Lipinski definition) is 0. The van der Waals surface area contributed by atoms with Crippen molar-refractivity contribution in [2.24, 2.45) is 4.99 Å². The van der Waals surface area contributed by atoms with E-state index in [9.17, 15) is 4.79 Å². The van der Waals surface area contributed by atoms with Crippen molar-refractivity contribution >= 4 is 17.6 Å². The molecule has 1 heterocycles. The second-order valence-electron chi connectivity index (χ2n) is 8.84. The molecule has 1 aliphatic rings. The van der Waals surface area contributed by atoms with Crippen LogP contribution in [0.4, 0.5) is 0 Å². The van der Waals surface area contributed by atoms with Gasteiger partial charge in [-0.1, -0.05) is 39.8 Å². The lowest BCUT2D eigenvalue weighted by atomic mass is 9.69. The van der Waals surface area contributed by atoms with E-state index in [4.69, 9.17) is 9.72 Å². The van der Waals surface area contributed by atoms with Crippen molar-refractivity contribution in [2.45, 2.75) is 47.0 Å². The van der Waals surface area contributed by atoms with Gasteiger partial charge in [0.05, 0.1) is 5.69 Å². The normalized spacial score (nSPS) is 15.6. The van der Waals surface area contributed by atoms with E-state index in [1.165, 1.54) is 0 Å². The van der Waals surface area contributed by atoms with Crippen molar-refractivity contribution in [3.05, 3.63) is 63.9 Å². The Morgan fingerprint density at radius 3 is 2.41 bits per heavy atom. The van der Waals surface area contributed by atoms with E-state index in [1.54, 1.807) is 7.05 Å². The van der Waals surface area contributed by atoms with Gasteiger partial charge < -0.3 is 9.64 Å². The molecule has 0 radical (unpaired) electrons. The molecule has 0 amide bonds. The van der Waals surface area contributed by atoms with Gasteiger partial charge in [-0.25, -0.2) is 4.98 Å². The Morgan fingerprint density at radius 1 is 1.09 bits per heavy atom. The lowest BCUT2D eigenvalue weighted by Crippen LogP contribution is -2.31. The van der Waals surface area contributed by atoms with E-state index < -0.39 is 0 Å². The average molecular weight is 434 g/mol. The van der Waals surface area contributed by atoms with E-state index in [0.29, 0.717) is 18.1 Å². The Labute approximate surface area is 192 Å². The average Bonchev–Trinajstić information content (AvgIpc) is 2.77. The zero-order valence-corrected chi connectivity index (χ0v) is 20.5. The van der Waals surface area contributed by atoms with Crippen molar-refractivity contribution in [3.63, 3.8) is 0 Å². The van der Waals surface area contributed by atoms with E-state index in [-0.39, 0.29) is 11.2 Å². The molecule has 0 fully saturated rings. The van der Waals surface area contributed by atoms with E-state index in [0.717, 1.165) is 53.2 Å². The molecule has 170 valence electrons. The lowest BCUT2D eigenvalue weighted by molar-refractivity contribution is 0.104. The van der Waals surface area contributed by atoms with Gasteiger partial charge in [-0.2, -0.15) is 0 Å². The third kappa shape index (κ3) is 4.53. The summed E-state index contributed by atoms with van der Waals surface area (Å²) in [5, 5.41) is 0. The van der Waals surface area contributed by atoms with Crippen LogP contribution in [0.5, 0.6) is 5.88 Å². The number of allylic oxidation sites excluding steroid dienone is 2. The summed E-state index contributed by atoms with van der Waals surface area (Å²) in [6.45, 7) is 16.1. The maximum Gasteiger partial charge on any atom is 0.213 e. The van der Waals surface area contributed by atoms with Crippen LogP contribution in [0.3, 0.4) is 0 Å². The molecule has 32 heavy (non-hydrogen) atoms. The summed E-state index contributed by atoms with van der Waals surface area (Å²) >= 11 is 0. The SMILES string of the molecule is CCN(CC)CCOc1ccc2c(n1)C(C)(C)C(C)=C(c1ccc(C=NC)cc1C)C2=O. The van der Waals surface area contributed by atoms with Crippen molar-refractivity contribution in [2.75, 3.05) is 33.3 Å². The second kappa shape index (κ2) is 9.78. The van der Waals surface area contributed by atoms with Crippen LogP contribution in [0.15, 0.2) is 40.9 Å². The topological polar surface area (TPSA) is 54.8 Å². The fourth-order valence-electron chi connectivity index (χ4n) is 4.32. The van der Waals surface area contributed by atoms with Crippen LogP contribution >= 0.6 is 0 Å². The molecule has 1 aliphatic carbocycles. The Hall–Kier alpha value is -2.79. The van der Waals surface area contributed by atoms with Gasteiger partial charge in [0, 0.05) is 42.4 Å². The summed E-state index contributed by atoms with van der Waals surface area (Å²) in [6.07, 6.45) is 1.83. The Bertz CT molecular complexity index is 1060. The number of aryl methyl sites for hydroxylation is 1.